The third-order valence-electron chi connectivity index (χ3n) is 2.59. The highest BCUT2D eigenvalue weighted by atomic mass is 16.5. The van der Waals surface area contributed by atoms with Gasteiger partial charge in [0.25, 0.3) is 0 Å². The maximum atomic E-state index is 11.7. The highest BCUT2D eigenvalue weighted by molar-refractivity contribution is 5.92. The zero-order valence-electron chi connectivity index (χ0n) is 11.7. The first-order valence-electron chi connectivity index (χ1n) is 6.72. The maximum Gasteiger partial charge on any atom is 0.224 e. The largest absolute Gasteiger partial charge is 0.379 e. The lowest BCUT2D eigenvalue weighted by Crippen LogP contribution is -2.13. The predicted molar refractivity (Wildman–Crippen MR) is 76.3 cm³/mol. The highest BCUT2D eigenvalue weighted by Crippen LogP contribution is 2.13. The average Bonchev–Trinajstić information content (AvgIpc) is 2.47. The molecule has 0 fully saturated rings. The van der Waals surface area contributed by atoms with E-state index in [9.17, 15) is 4.79 Å². The van der Waals surface area contributed by atoms with Crippen LogP contribution in [-0.4, -0.2) is 32.3 Å². The van der Waals surface area contributed by atoms with Crippen LogP contribution in [0.3, 0.4) is 0 Å². The minimum Gasteiger partial charge on any atom is -0.379 e. The summed E-state index contributed by atoms with van der Waals surface area (Å²) in [5.41, 5.74) is 1.02. The minimum absolute atomic E-state index is 0.110. The number of anilines is 1. The molecule has 0 spiro atoms. The van der Waals surface area contributed by atoms with Crippen molar-refractivity contribution in [3.8, 4) is 6.07 Å². The van der Waals surface area contributed by atoms with Crippen molar-refractivity contribution < 1.29 is 14.3 Å². The number of amides is 1. The molecule has 0 aliphatic heterocycles. The molecule has 1 N–H and O–H groups in total. The number of hydrogen-bond acceptors (Lipinski definition) is 4. The van der Waals surface area contributed by atoms with E-state index in [0.717, 1.165) is 0 Å². The van der Waals surface area contributed by atoms with Gasteiger partial charge in [0.05, 0.1) is 24.5 Å². The number of nitrogens with zero attached hydrogens (tertiary/aromatic N) is 1. The number of ether oxygens (including phenoxy) is 2. The molecule has 0 unspecified atom stereocenters. The van der Waals surface area contributed by atoms with Gasteiger partial charge in [-0.25, -0.2) is 0 Å². The van der Waals surface area contributed by atoms with Gasteiger partial charge in [-0.2, -0.15) is 5.26 Å². The maximum absolute atomic E-state index is 11.7. The van der Waals surface area contributed by atoms with Crippen LogP contribution in [0.4, 0.5) is 5.69 Å². The lowest BCUT2D eigenvalue weighted by atomic mass is 10.2. The zero-order chi connectivity index (χ0) is 14.6. The summed E-state index contributed by atoms with van der Waals surface area (Å²) < 4.78 is 10.5. The number of carbonyl (C=O) groups excluding carboxylic acids is 1. The molecular weight excluding hydrogens is 256 g/mol. The Morgan fingerprint density at radius 3 is 2.75 bits per heavy atom. The Bertz CT molecular complexity index is 455. The molecule has 1 aromatic rings. The molecule has 108 valence electrons. The molecular formula is C15H20N2O3. The van der Waals surface area contributed by atoms with Crippen LogP contribution in [0.25, 0.3) is 0 Å². The molecule has 5 heteroatoms. The van der Waals surface area contributed by atoms with E-state index >= 15 is 0 Å². The molecule has 0 aliphatic rings. The van der Waals surface area contributed by atoms with Gasteiger partial charge in [0.1, 0.15) is 6.07 Å². The zero-order valence-corrected chi connectivity index (χ0v) is 11.7. The summed E-state index contributed by atoms with van der Waals surface area (Å²) in [5.74, 6) is -0.110. The summed E-state index contributed by atoms with van der Waals surface area (Å²) in [7, 11) is 0. The molecule has 1 rings (SSSR count). The van der Waals surface area contributed by atoms with Crippen LogP contribution >= 0.6 is 0 Å². The smallest absolute Gasteiger partial charge is 0.224 e. The molecule has 0 radical (unpaired) electrons. The molecule has 0 heterocycles. The van der Waals surface area contributed by atoms with Gasteiger partial charge in [0, 0.05) is 19.6 Å². The first kappa shape index (κ1) is 16.2. The van der Waals surface area contributed by atoms with E-state index < -0.39 is 0 Å². The summed E-state index contributed by atoms with van der Waals surface area (Å²) in [6.07, 6.45) is 1.01. The topological polar surface area (TPSA) is 71.3 Å². The van der Waals surface area contributed by atoms with Crippen molar-refractivity contribution >= 4 is 11.6 Å². The van der Waals surface area contributed by atoms with Crippen LogP contribution in [0, 0.1) is 11.3 Å². The Morgan fingerprint density at radius 2 is 2.00 bits per heavy atom. The van der Waals surface area contributed by atoms with Crippen molar-refractivity contribution in [2.24, 2.45) is 0 Å². The van der Waals surface area contributed by atoms with Crippen molar-refractivity contribution in [2.45, 2.75) is 19.8 Å². The predicted octanol–water partition coefficient (Wildman–Crippen LogP) is 2.33. The molecule has 0 saturated heterocycles. The minimum atomic E-state index is -0.110. The molecule has 1 aromatic carbocycles. The van der Waals surface area contributed by atoms with Crippen LogP contribution in [-0.2, 0) is 14.3 Å². The van der Waals surface area contributed by atoms with Gasteiger partial charge in [-0.1, -0.05) is 12.1 Å². The summed E-state index contributed by atoms with van der Waals surface area (Å²) in [5, 5.41) is 11.6. The third-order valence-corrected chi connectivity index (χ3v) is 2.59. The Morgan fingerprint density at radius 1 is 1.25 bits per heavy atom. The first-order chi connectivity index (χ1) is 9.77. The van der Waals surface area contributed by atoms with E-state index in [-0.39, 0.29) is 5.91 Å². The molecule has 20 heavy (non-hydrogen) atoms. The Labute approximate surface area is 119 Å². The highest BCUT2D eigenvalue weighted by Gasteiger charge is 2.05. The SMILES string of the molecule is CCOCCOCCCC(=O)Nc1ccccc1C#N. The second-order valence-electron chi connectivity index (χ2n) is 4.12. The van der Waals surface area contributed by atoms with Crippen LogP contribution in [0.1, 0.15) is 25.3 Å². The summed E-state index contributed by atoms with van der Waals surface area (Å²) in [4.78, 5) is 11.7. The van der Waals surface area contributed by atoms with Gasteiger partial charge < -0.3 is 14.8 Å². The van der Waals surface area contributed by atoms with Crippen molar-refractivity contribution in [3.05, 3.63) is 29.8 Å². The van der Waals surface area contributed by atoms with Crippen molar-refractivity contribution in [1.82, 2.24) is 0 Å². The van der Waals surface area contributed by atoms with Crippen LogP contribution in [0.15, 0.2) is 24.3 Å². The van der Waals surface area contributed by atoms with Crippen LogP contribution < -0.4 is 5.32 Å². The standard InChI is InChI=1S/C15H20N2O3/c1-2-19-10-11-20-9-5-8-15(18)17-14-7-4-3-6-13(14)12-16/h3-4,6-7H,2,5,8-11H2,1H3,(H,17,18). The van der Waals surface area contributed by atoms with E-state index in [1.165, 1.54) is 0 Å². The molecule has 0 aromatic heterocycles. The van der Waals surface area contributed by atoms with Crippen molar-refractivity contribution in [3.63, 3.8) is 0 Å². The lowest BCUT2D eigenvalue weighted by molar-refractivity contribution is -0.116. The van der Waals surface area contributed by atoms with E-state index in [1.54, 1.807) is 24.3 Å². The Balaban J connectivity index is 2.19. The number of benzene rings is 1. The van der Waals surface area contributed by atoms with Gasteiger partial charge in [-0.15, -0.1) is 0 Å². The fraction of sp³-hybridized carbons (Fsp3) is 0.467. The molecule has 0 bridgehead atoms. The second-order valence-corrected chi connectivity index (χ2v) is 4.12. The van der Waals surface area contributed by atoms with E-state index in [4.69, 9.17) is 14.7 Å². The van der Waals surface area contributed by atoms with Gasteiger partial charge in [-0.3, -0.25) is 4.79 Å². The van der Waals surface area contributed by atoms with Gasteiger partial charge in [0.15, 0.2) is 0 Å². The van der Waals surface area contributed by atoms with Crippen LogP contribution in [0.2, 0.25) is 0 Å². The number of para-hydroxylation sites is 1. The molecule has 0 saturated carbocycles. The quantitative estimate of drug-likeness (QED) is 0.703. The van der Waals surface area contributed by atoms with E-state index in [1.807, 2.05) is 13.0 Å². The van der Waals surface area contributed by atoms with Gasteiger partial charge in [0.2, 0.25) is 5.91 Å². The lowest BCUT2D eigenvalue weighted by Gasteiger charge is -2.07. The van der Waals surface area contributed by atoms with E-state index in [0.29, 0.717) is 50.5 Å². The number of hydrogen-bond donors (Lipinski definition) is 1. The summed E-state index contributed by atoms with van der Waals surface area (Å²) >= 11 is 0. The number of nitriles is 1. The summed E-state index contributed by atoms with van der Waals surface area (Å²) in [6, 6.07) is 8.98. The van der Waals surface area contributed by atoms with Gasteiger partial charge >= 0.3 is 0 Å². The Kier molecular flexibility index (Phi) is 8.04. The number of rotatable bonds is 9. The van der Waals surface area contributed by atoms with Crippen molar-refractivity contribution in [2.75, 3.05) is 31.7 Å². The fourth-order valence-electron chi connectivity index (χ4n) is 1.60. The monoisotopic (exact) mass is 276 g/mol. The molecule has 0 atom stereocenters. The number of carbonyl (C=O) groups is 1. The normalized spacial score (nSPS) is 10.0. The second kappa shape index (κ2) is 9.96. The molecule has 0 aliphatic carbocycles. The Hall–Kier alpha value is -1.90. The third kappa shape index (κ3) is 6.32. The first-order valence-corrected chi connectivity index (χ1v) is 6.72. The van der Waals surface area contributed by atoms with Crippen LogP contribution in [0.5, 0.6) is 0 Å². The average molecular weight is 276 g/mol. The number of nitrogens with one attached hydrogen (secondary N) is 1. The summed E-state index contributed by atoms with van der Waals surface area (Å²) in [6.45, 7) is 4.28. The van der Waals surface area contributed by atoms with Crippen molar-refractivity contribution in [1.29, 1.82) is 5.26 Å². The van der Waals surface area contributed by atoms with Gasteiger partial charge in [-0.05, 0) is 25.5 Å². The van der Waals surface area contributed by atoms with E-state index in [2.05, 4.69) is 5.32 Å². The fourth-order valence-corrected chi connectivity index (χ4v) is 1.60. The molecule has 5 nitrogen and oxygen atoms in total. The molecule has 1 amide bonds.